The van der Waals surface area contributed by atoms with Crippen molar-refractivity contribution in [2.45, 2.75) is 27.3 Å². The number of benzene rings is 1. The largest absolute Gasteiger partial charge is 0.506 e. The molecule has 5 N–H and O–H groups in total. The van der Waals surface area contributed by atoms with Crippen LogP contribution in [0.2, 0.25) is 10.0 Å². The van der Waals surface area contributed by atoms with Crippen molar-refractivity contribution in [3.05, 3.63) is 55.3 Å². The Labute approximate surface area is 198 Å². The number of nitrogens with zero attached hydrogens (tertiary/aromatic N) is 1. The van der Waals surface area contributed by atoms with Crippen LogP contribution in [0.5, 0.6) is 11.6 Å². The summed E-state index contributed by atoms with van der Waals surface area (Å²) in [5.74, 6) is -5.61. The number of hydrogen-bond donors (Lipinski definition) is 5. The second-order valence-electron chi connectivity index (χ2n) is 8.37. The Balaban J connectivity index is 2.67. The standard InChI is InChI=1S/C21H23Cl2N3O7/c1-21(2,3)9-25-18(31)15-16(29)14(17(30)24-7-13(27)28)19(32)26(20(15)33)8-10-4-5-11(22)6-12(10)23/h4-6,29,32H,7-9H2,1-3H3,(H,24,30)(H,25,31)(H,27,28). The second kappa shape index (κ2) is 10.1. The van der Waals surface area contributed by atoms with E-state index >= 15 is 0 Å². The van der Waals surface area contributed by atoms with Gasteiger partial charge in [-0.05, 0) is 23.1 Å². The van der Waals surface area contributed by atoms with Crippen LogP contribution in [-0.2, 0) is 11.3 Å². The van der Waals surface area contributed by atoms with Gasteiger partial charge in [-0.2, -0.15) is 0 Å². The molecule has 0 aliphatic carbocycles. The highest BCUT2D eigenvalue weighted by atomic mass is 35.5. The summed E-state index contributed by atoms with van der Waals surface area (Å²) in [5, 5.41) is 35.0. The van der Waals surface area contributed by atoms with Gasteiger partial charge in [0.15, 0.2) is 5.75 Å². The quantitative estimate of drug-likeness (QED) is 0.390. The molecule has 2 amide bonds. The Bertz CT molecular complexity index is 1170. The minimum atomic E-state index is -1.38. The van der Waals surface area contributed by atoms with E-state index < -0.39 is 52.6 Å². The fraction of sp³-hybridized carbons (Fsp3) is 0.333. The van der Waals surface area contributed by atoms with E-state index in [1.165, 1.54) is 18.2 Å². The normalized spacial score (nSPS) is 11.2. The van der Waals surface area contributed by atoms with Crippen LogP contribution in [0.3, 0.4) is 0 Å². The number of amides is 2. The lowest BCUT2D eigenvalue weighted by molar-refractivity contribution is -0.135. The number of aliphatic carboxylic acids is 1. The van der Waals surface area contributed by atoms with Gasteiger partial charge in [-0.1, -0.05) is 50.0 Å². The van der Waals surface area contributed by atoms with E-state index in [-0.39, 0.29) is 23.5 Å². The van der Waals surface area contributed by atoms with Crippen molar-refractivity contribution in [3.8, 4) is 11.6 Å². The third kappa shape index (κ3) is 6.39. The molecule has 0 radical (unpaired) electrons. The molecule has 2 aromatic rings. The molecule has 0 unspecified atom stereocenters. The summed E-state index contributed by atoms with van der Waals surface area (Å²) in [4.78, 5) is 49.2. The van der Waals surface area contributed by atoms with Crippen LogP contribution in [0.25, 0.3) is 0 Å². The zero-order valence-electron chi connectivity index (χ0n) is 18.0. The number of carboxylic acid groups (broad SMARTS) is 1. The fourth-order valence-corrected chi connectivity index (χ4v) is 3.23. The predicted octanol–water partition coefficient (Wildman–Crippen LogP) is 2.20. The minimum Gasteiger partial charge on any atom is -0.506 e. The van der Waals surface area contributed by atoms with Crippen molar-refractivity contribution >= 4 is 41.0 Å². The summed E-state index contributed by atoms with van der Waals surface area (Å²) in [5.41, 5.74) is -2.75. The molecule has 0 bridgehead atoms. The van der Waals surface area contributed by atoms with Gasteiger partial charge in [0, 0.05) is 16.6 Å². The molecule has 0 aliphatic rings. The highest BCUT2D eigenvalue weighted by Gasteiger charge is 2.30. The van der Waals surface area contributed by atoms with Crippen molar-refractivity contribution < 1.29 is 29.7 Å². The minimum absolute atomic E-state index is 0.134. The monoisotopic (exact) mass is 499 g/mol. The Morgan fingerprint density at radius 3 is 2.18 bits per heavy atom. The number of carboxylic acids is 1. The van der Waals surface area contributed by atoms with Crippen molar-refractivity contribution in [2.24, 2.45) is 5.41 Å². The first-order valence-corrected chi connectivity index (χ1v) is 10.4. The molecule has 1 aromatic carbocycles. The number of aromatic nitrogens is 1. The molecule has 2 rings (SSSR count). The van der Waals surface area contributed by atoms with Crippen LogP contribution in [0.4, 0.5) is 0 Å². The number of hydrogen-bond acceptors (Lipinski definition) is 6. The van der Waals surface area contributed by atoms with Crippen molar-refractivity contribution in [1.29, 1.82) is 0 Å². The van der Waals surface area contributed by atoms with Crippen LogP contribution in [0.15, 0.2) is 23.0 Å². The summed E-state index contributed by atoms with van der Waals surface area (Å²) >= 11 is 12.0. The van der Waals surface area contributed by atoms with E-state index in [4.69, 9.17) is 28.3 Å². The van der Waals surface area contributed by atoms with Gasteiger partial charge in [-0.15, -0.1) is 0 Å². The molecule has 0 fully saturated rings. The average molecular weight is 500 g/mol. The maximum Gasteiger partial charge on any atom is 0.322 e. The molecule has 12 heteroatoms. The Kier molecular flexibility index (Phi) is 7.99. The van der Waals surface area contributed by atoms with Crippen LogP contribution in [0, 0.1) is 5.41 Å². The topological polar surface area (TPSA) is 158 Å². The maximum atomic E-state index is 13.1. The number of pyridine rings is 1. The Morgan fingerprint density at radius 2 is 1.64 bits per heavy atom. The average Bonchev–Trinajstić information content (AvgIpc) is 2.69. The molecule has 0 saturated carbocycles. The zero-order valence-corrected chi connectivity index (χ0v) is 19.5. The lowest BCUT2D eigenvalue weighted by atomic mass is 9.97. The molecule has 178 valence electrons. The number of carbonyl (C=O) groups excluding carboxylic acids is 2. The van der Waals surface area contributed by atoms with Crippen molar-refractivity contribution in [2.75, 3.05) is 13.1 Å². The first kappa shape index (κ1) is 26.0. The summed E-state index contributed by atoms with van der Waals surface area (Å²) in [6.45, 7) is 4.42. The van der Waals surface area contributed by atoms with Gasteiger partial charge in [0.1, 0.15) is 17.7 Å². The zero-order chi connectivity index (χ0) is 25.1. The highest BCUT2D eigenvalue weighted by Crippen LogP contribution is 2.30. The van der Waals surface area contributed by atoms with Crippen molar-refractivity contribution in [3.63, 3.8) is 0 Å². The van der Waals surface area contributed by atoms with E-state index in [1.54, 1.807) is 0 Å². The van der Waals surface area contributed by atoms with Gasteiger partial charge in [0.25, 0.3) is 17.4 Å². The fourth-order valence-electron chi connectivity index (χ4n) is 2.76. The van der Waals surface area contributed by atoms with Crippen LogP contribution in [-0.4, -0.2) is 50.8 Å². The summed E-state index contributed by atoms with van der Waals surface area (Å²) < 4.78 is 0.677. The van der Waals surface area contributed by atoms with Gasteiger partial charge < -0.3 is 26.0 Å². The second-order valence-corrected chi connectivity index (χ2v) is 9.21. The lowest BCUT2D eigenvalue weighted by Gasteiger charge is -2.20. The number of halogens is 2. The number of nitrogens with one attached hydrogen (secondary N) is 2. The molecule has 10 nitrogen and oxygen atoms in total. The van der Waals surface area contributed by atoms with Gasteiger partial charge in [-0.25, -0.2) is 0 Å². The summed E-state index contributed by atoms with van der Waals surface area (Å²) in [6, 6.07) is 4.37. The lowest BCUT2D eigenvalue weighted by Crippen LogP contribution is -2.38. The molecule has 33 heavy (non-hydrogen) atoms. The third-order valence-corrected chi connectivity index (χ3v) is 4.98. The van der Waals surface area contributed by atoms with Crippen molar-refractivity contribution in [1.82, 2.24) is 15.2 Å². The van der Waals surface area contributed by atoms with E-state index in [2.05, 4.69) is 5.32 Å². The van der Waals surface area contributed by atoms with Crippen LogP contribution in [0.1, 0.15) is 47.1 Å². The van der Waals surface area contributed by atoms with E-state index in [1.807, 2.05) is 26.1 Å². The molecular weight excluding hydrogens is 477 g/mol. The van der Waals surface area contributed by atoms with Crippen LogP contribution >= 0.6 is 23.2 Å². The van der Waals surface area contributed by atoms with Gasteiger partial charge in [-0.3, -0.25) is 23.7 Å². The number of carbonyl (C=O) groups is 3. The number of aromatic hydroxyl groups is 2. The van der Waals surface area contributed by atoms with E-state index in [9.17, 15) is 29.4 Å². The third-order valence-electron chi connectivity index (χ3n) is 4.39. The van der Waals surface area contributed by atoms with Crippen LogP contribution < -0.4 is 16.2 Å². The summed E-state index contributed by atoms with van der Waals surface area (Å²) in [7, 11) is 0. The SMILES string of the molecule is CC(C)(C)CNC(=O)c1c(O)c(C(=O)NCC(=O)O)c(O)n(Cc2ccc(Cl)cc2Cl)c1=O. The molecule has 0 spiro atoms. The number of rotatable bonds is 7. The predicted molar refractivity (Wildman–Crippen MR) is 121 cm³/mol. The van der Waals surface area contributed by atoms with Gasteiger partial charge >= 0.3 is 5.97 Å². The van der Waals surface area contributed by atoms with E-state index in [0.29, 0.717) is 15.2 Å². The molecule has 1 heterocycles. The van der Waals surface area contributed by atoms with E-state index in [0.717, 1.165) is 0 Å². The maximum absolute atomic E-state index is 13.1. The molecule has 0 saturated heterocycles. The molecule has 1 aromatic heterocycles. The molecule has 0 aliphatic heterocycles. The Hall–Kier alpha value is -3.24. The van der Waals surface area contributed by atoms with Gasteiger partial charge in [0.2, 0.25) is 5.88 Å². The summed E-state index contributed by atoms with van der Waals surface area (Å²) in [6.07, 6.45) is 0. The Morgan fingerprint density at radius 1 is 1.03 bits per heavy atom. The first-order valence-electron chi connectivity index (χ1n) is 9.63. The smallest absolute Gasteiger partial charge is 0.322 e. The molecular formula is C21H23Cl2N3O7. The highest BCUT2D eigenvalue weighted by molar-refractivity contribution is 6.35. The molecule has 0 atom stereocenters. The van der Waals surface area contributed by atoms with Gasteiger partial charge in [0.05, 0.1) is 6.54 Å². The first-order chi connectivity index (χ1) is 15.2.